The van der Waals surface area contributed by atoms with Crippen molar-refractivity contribution in [2.24, 2.45) is 24.6 Å². The number of imidazole rings is 1. The number of fused-ring (bicyclic) bond motifs is 1. The highest BCUT2D eigenvalue weighted by Crippen LogP contribution is 2.53. The zero-order valence-electron chi connectivity index (χ0n) is 24.5. The highest BCUT2D eigenvalue weighted by Gasteiger charge is 2.60. The molecule has 0 bridgehead atoms. The normalized spacial score (nSPS) is 23.2. The lowest BCUT2D eigenvalue weighted by Crippen LogP contribution is -2.49. The van der Waals surface area contributed by atoms with Crippen molar-refractivity contribution in [2.75, 3.05) is 30.8 Å². The van der Waals surface area contributed by atoms with E-state index >= 15 is 0 Å². The molecule has 252 valence electrons. The summed E-state index contributed by atoms with van der Waals surface area (Å²) in [6.07, 6.45) is -3.68. The van der Waals surface area contributed by atoms with Crippen LogP contribution in [0.5, 0.6) is 0 Å². The predicted octanol–water partition coefficient (Wildman–Crippen LogP) is 3.72. The fourth-order valence-electron chi connectivity index (χ4n) is 5.83. The molecular weight excluding hydrogens is 676 g/mol. The molecule has 3 heterocycles. The van der Waals surface area contributed by atoms with Gasteiger partial charge in [0, 0.05) is 68.7 Å². The largest absolute Gasteiger partial charge is 0.435 e. The molecule has 47 heavy (non-hydrogen) atoms. The average Bonchev–Trinajstić information content (AvgIpc) is 3.50. The van der Waals surface area contributed by atoms with Gasteiger partial charge in [0.05, 0.1) is 34.1 Å². The number of amides is 4. The number of rotatable bonds is 9. The van der Waals surface area contributed by atoms with Crippen molar-refractivity contribution >= 4 is 46.7 Å². The van der Waals surface area contributed by atoms with E-state index in [9.17, 15) is 36.3 Å². The van der Waals surface area contributed by atoms with Crippen LogP contribution in [0.15, 0.2) is 30.6 Å². The molecule has 2 saturated carbocycles. The monoisotopic (exact) mass is 703 g/mol. The van der Waals surface area contributed by atoms with Crippen LogP contribution in [0.4, 0.5) is 32.4 Å². The van der Waals surface area contributed by atoms with Crippen LogP contribution in [0, 0.1) is 11.8 Å². The van der Waals surface area contributed by atoms with Crippen LogP contribution in [-0.4, -0.2) is 85.6 Å². The Bertz CT molecular complexity index is 1730. The molecule has 1 saturated heterocycles. The number of aromatic nitrogens is 4. The van der Waals surface area contributed by atoms with Crippen molar-refractivity contribution in [1.82, 2.24) is 34.9 Å². The third-order valence-corrected chi connectivity index (χ3v) is 9.31. The molecule has 0 spiro atoms. The fraction of sp³-hybridized carbons (Fsp3) is 0.464. The molecule has 19 heteroatoms. The highest BCUT2D eigenvalue weighted by molar-refractivity contribution is 6.34. The predicted molar refractivity (Wildman–Crippen MR) is 159 cm³/mol. The summed E-state index contributed by atoms with van der Waals surface area (Å²) in [7, 11) is 1.30. The molecular formula is C28H28Cl2F5N9O3. The van der Waals surface area contributed by atoms with Gasteiger partial charge in [-0.1, -0.05) is 11.6 Å². The van der Waals surface area contributed by atoms with Crippen molar-refractivity contribution in [3.8, 4) is 11.3 Å². The summed E-state index contributed by atoms with van der Waals surface area (Å²) in [5, 5.41) is 11.6. The number of halogens is 7. The maximum atomic E-state index is 13.7. The number of carbonyl (C=O) groups is 3. The maximum absolute atomic E-state index is 13.7. The zero-order valence-corrected chi connectivity index (χ0v) is 26.0. The summed E-state index contributed by atoms with van der Waals surface area (Å²) < 4.78 is 70.0. The van der Waals surface area contributed by atoms with E-state index in [4.69, 9.17) is 28.9 Å². The lowest BCUT2D eigenvalue weighted by atomic mass is 10.2. The van der Waals surface area contributed by atoms with Crippen LogP contribution >= 0.6 is 23.2 Å². The fourth-order valence-corrected chi connectivity index (χ4v) is 6.30. The molecule has 6 rings (SSSR count). The van der Waals surface area contributed by atoms with E-state index < -0.39 is 47.6 Å². The molecule has 5 N–H and O–H groups in total. The van der Waals surface area contributed by atoms with Gasteiger partial charge in [-0.25, -0.2) is 18.6 Å². The van der Waals surface area contributed by atoms with E-state index in [1.807, 2.05) is 0 Å². The standard InChI is InChI=1S/C28H28Cl2F5N9O3/c1-42-19(17-11-44(20-5-27(20,31)32)41-22(17)28(33,34)35)8-37-23(42)25(46)38-12-2-3-14(18(30)4-12)24(45)40-21-15-9-43(10-16(15)21)26(47)39-13(6-29)7-36/h2-4,8,11,13,15-16,20-21H,5-7,9-10,36H2,1H3,(H,38,46)(H,39,47)(H,40,45). The second kappa shape index (κ2) is 11.9. The van der Waals surface area contributed by atoms with Gasteiger partial charge in [-0.05, 0) is 18.2 Å². The van der Waals surface area contributed by atoms with Gasteiger partial charge in [-0.15, -0.1) is 11.6 Å². The van der Waals surface area contributed by atoms with Gasteiger partial charge >= 0.3 is 12.2 Å². The lowest BCUT2D eigenvalue weighted by Gasteiger charge is -2.23. The van der Waals surface area contributed by atoms with Crippen LogP contribution in [0.1, 0.15) is 39.1 Å². The van der Waals surface area contributed by atoms with Gasteiger partial charge < -0.3 is 31.2 Å². The van der Waals surface area contributed by atoms with Crippen molar-refractivity contribution in [3.63, 3.8) is 0 Å². The van der Waals surface area contributed by atoms with Crippen LogP contribution < -0.4 is 21.7 Å². The molecule has 4 unspecified atom stereocenters. The van der Waals surface area contributed by atoms with Crippen molar-refractivity contribution in [3.05, 3.63) is 52.7 Å². The van der Waals surface area contributed by atoms with Gasteiger partial charge in [0.25, 0.3) is 17.7 Å². The second-order valence-electron chi connectivity index (χ2n) is 11.8. The second-order valence-corrected chi connectivity index (χ2v) is 12.5. The Morgan fingerprint density at radius 2 is 1.85 bits per heavy atom. The lowest BCUT2D eigenvalue weighted by molar-refractivity contribution is -0.141. The van der Waals surface area contributed by atoms with Gasteiger partial charge in [0.2, 0.25) is 0 Å². The van der Waals surface area contributed by atoms with Crippen LogP contribution in [0.2, 0.25) is 5.02 Å². The number of urea groups is 1. The number of alkyl halides is 6. The third-order valence-electron chi connectivity index (χ3n) is 8.63. The number of benzene rings is 1. The van der Waals surface area contributed by atoms with Crippen molar-refractivity contribution < 1.29 is 36.3 Å². The first-order valence-electron chi connectivity index (χ1n) is 14.4. The molecule has 3 aromatic rings. The number of piperidine rings is 1. The number of carbonyl (C=O) groups excluding carboxylic acids is 3. The van der Waals surface area contributed by atoms with Gasteiger partial charge in [-0.3, -0.25) is 14.3 Å². The summed E-state index contributed by atoms with van der Waals surface area (Å²) in [5.41, 5.74) is 3.86. The number of hydrogen-bond acceptors (Lipinski definition) is 6. The molecule has 4 amide bonds. The smallest absolute Gasteiger partial charge is 0.349 e. The molecule has 2 aromatic heterocycles. The zero-order chi connectivity index (χ0) is 34.0. The number of anilines is 1. The first-order valence-corrected chi connectivity index (χ1v) is 15.3. The molecule has 1 aromatic carbocycles. The Balaban J connectivity index is 1.08. The topological polar surface area (TPSA) is 152 Å². The Kier molecular flexibility index (Phi) is 8.37. The molecule has 3 fully saturated rings. The van der Waals surface area contributed by atoms with E-state index in [0.29, 0.717) is 17.8 Å². The van der Waals surface area contributed by atoms with Gasteiger partial charge in [0.15, 0.2) is 11.5 Å². The summed E-state index contributed by atoms with van der Waals surface area (Å²) in [6, 6.07) is 1.96. The minimum Gasteiger partial charge on any atom is -0.349 e. The van der Waals surface area contributed by atoms with Crippen molar-refractivity contribution in [2.45, 2.75) is 36.6 Å². The highest BCUT2D eigenvalue weighted by atomic mass is 35.5. The summed E-state index contributed by atoms with van der Waals surface area (Å²) in [5.74, 6) is -4.29. The SMILES string of the molecule is Cn1c(-c2cn(C3CC3(F)F)nc2C(F)(F)F)cnc1C(=O)Nc1ccc(C(=O)NC2C3CN(C(=O)NC(CN)CCl)CC32)c(Cl)c1. The average molecular weight is 704 g/mol. The number of nitrogens with two attached hydrogens (primary N) is 1. The van der Waals surface area contributed by atoms with Crippen molar-refractivity contribution in [1.29, 1.82) is 0 Å². The Labute approximate surface area is 273 Å². The van der Waals surface area contributed by atoms with Gasteiger partial charge in [0.1, 0.15) is 6.04 Å². The van der Waals surface area contributed by atoms with Crippen LogP contribution in [0.25, 0.3) is 11.3 Å². The van der Waals surface area contributed by atoms with Crippen LogP contribution in [0.3, 0.4) is 0 Å². The number of nitrogens with zero attached hydrogens (tertiary/aromatic N) is 5. The molecule has 2 aliphatic carbocycles. The van der Waals surface area contributed by atoms with E-state index in [1.54, 1.807) is 4.90 Å². The number of hydrogen-bond donors (Lipinski definition) is 4. The van der Waals surface area contributed by atoms with E-state index in [0.717, 1.165) is 17.0 Å². The quantitative estimate of drug-likeness (QED) is 0.197. The Morgan fingerprint density at radius 1 is 1.17 bits per heavy atom. The number of likely N-dealkylation sites (tertiary alicyclic amines) is 1. The molecule has 1 aliphatic heterocycles. The van der Waals surface area contributed by atoms with E-state index in [-0.39, 0.29) is 70.2 Å². The minimum atomic E-state index is -4.95. The van der Waals surface area contributed by atoms with E-state index in [2.05, 4.69) is 26.0 Å². The minimum absolute atomic E-state index is 0.0284. The molecule has 0 radical (unpaired) electrons. The summed E-state index contributed by atoms with van der Waals surface area (Å²) >= 11 is 12.1. The maximum Gasteiger partial charge on any atom is 0.435 e. The third kappa shape index (κ3) is 6.35. The first kappa shape index (κ1) is 33.0. The van der Waals surface area contributed by atoms with Gasteiger partial charge in [-0.2, -0.15) is 18.3 Å². The summed E-state index contributed by atoms with van der Waals surface area (Å²) in [4.78, 5) is 44.0. The van der Waals surface area contributed by atoms with Crippen LogP contribution in [-0.2, 0) is 13.2 Å². The van der Waals surface area contributed by atoms with E-state index in [1.165, 1.54) is 25.2 Å². The molecule has 3 aliphatic rings. The Morgan fingerprint density at radius 3 is 2.43 bits per heavy atom. The molecule has 4 atom stereocenters. The molecule has 12 nitrogen and oxygen atoms in total. The summed E-state index contributed by atoms with van der Waals surface area (Å²) in [6.45, 7) is 1.14. The first-order chi connectivity index (χ1) is 22.1. The Hall–Kier alpha value is -3.96. The number of nitrogens with one attached hydrogen (secondary N) is 3.